The van der Waals surface area contributed by atoms with Gasteiger partial charge in [-0.1, -0.05) is 11.6 Å². The van der Waals surface area contributed by atoms with Gasteiger partial charge in [0.05, 0.1) is 5.60 Å². The fourth-order valence-electron chi connectivity index (χ4n) is 1.86. The minimum atomic E-state index is -0.598. The molecule has 0 aromatic heterocycles. The summed E-state index contributed by atoms with van der Waals surface area (Å²) in [6, 6.07) is 4.97. The largest absolute Gasteiger partial charge is 0.508 e. The molecule has 0 aliphatic carbocycles. The van der Waals surface area contributed by atoms with Crippen LogP contribution in [0.5, 0.6) is 5.75 Å². The van der Waals surface area contributed by atoms with E-state index < -0.39 is 5.60 Å². The number of phenols is 1. The van der Waals surface area contributed by atoms with E-state index in [4.69, 9.17) is 11.6 Å². The Labute approximate surface area is 110 Å². The molecule has 1 atom stereocenters. The minimum Gasteiger partial charge on any atom is -0.508 e. The van der Waals surface area contributed by atoms with Gasteiger partial charge in [0.2, 0.25) is 0 Å². The van der Waals surface area contributed by atoms with E-state index in [0.29, 0.717) is 18.1 Å². The Morgan fingerprint density at radius 2 is 2.29 bits per heavy atom. The van der Waals surface area contributed by atoms with Crippen molar-refractivity contribution in [3.8, 4) is 5.75 Å². The quantitative estimate of drug-likeness (QED) is 0.786. The Bertz CT molecular complexity index is 394. The van der Waals surface area contributed by atoms with Crippen LogP contribution in [-0.4, -0.2) is 33.9 Å². The second-order valence-electron chi connectivity index (χ2n) is 4.40. The third kappa shape index (κ3) is 3.52. The topological polar surface area (TPSA) is 52.5 Å². The molecule has 1 aromatic carbocycles. The van der Waals surface area contributed by atoms with Crippen molar-refractivity contribution < 1.29 is 10.2 Å². The van der Waals surface area contributed by atoms with Crippen LogP contribution >= 0.6 is 23.4 Å². The summed E-state index contributed by atoms with van der Waals surface area (Å²) < 4.78 is 0. The highest BCUT2D eigenvalue weighted by atomic mass is 35.5. The first-order chi connectivity index (χ1) is 8.09. The van der Waals surface area contributed by atoms with Gasteiger partial charge in [-0.05, 0) is 30.4 Å². The molecule has 17 heavy (non-hydrogen) atoms. The maximum Gasteiger partial charge on any atom is 0.120 e. The molecule has 1 unspecified atom stereocenters. The number of thioether (sulfide) groups is 1. The third-order valence-electron chi connectivity index (χ3n) is 2.89. The zero-order valence-electron chi connectivity index (χ0n) is 9.45. The molecule has 0 radical (unpaired) electrons. The van der Waals surface area contributed by atoms with Gasteiger partial charge in [-0.15, -0.1) is 0 Å². The van der Waals surface area contributed by atoms with Crippen LogP contribution in [-0.2, 0) is 6.54 Å². The van der Waals surface area contributed by atoms with Crippen LogP contribution in [0.3, 0.4) is 0 Å². The van der Waals surface area contributed by atoms with Crippen molar-refractivity contribution in [1.82, 2.24) is 5.32 Å². The van der Waals surface area contributed by atoms with E-state index >= 15 is 0 Å². The first-order valence-corrected chi connectivity index (χ1v) is 7.11. The molecular formula is C12H16ClNO2S. The Morgan fingerprint density at radius 3 is 3.00 bits per heavy atom. The number of phenolic OH excluding ortho intramolecular Hbond substituents is 1. The van der Waals surface area contributed by atoms with Crippen LogP contribution in [0.1, 0.15) is 12.0 Å². The van der Waals surface area contributed by atoms with E-state index in [-0.39, 0.29) is 5.75 Å². The highest BCUT2D eigenvalue weighted by Gasteiger charge is 2.30. The van der Waals surface area contributed by atoms with Crippen molar-refractivity contribution in [3.05, 3.63) is 28.8 Å². The van der Waals surface area contributed by atoms with Crippen molar-refractivity contribution in [2.75, 3.05) is 18.1 Å². The number of rotatable bonds is 4. The lowest BCUT2D eigenvalue weighted by atomic mass is 10.0. The molecule has 2 rings (SSSR count). The average Bonchev–Trinajstić information content (AvgIpc) is 2.71. The van der Waals surface area contributed by atoms with Gasteiger partial charge in [0, 0.05) is 29.4 Å². The Hall–Kier alpha value is -0.420. The molecule has 1 aliphatic heterocycles. The maximum absolute atomic E-state index is 10.1. The van der Waals surface area contributed by atoms with Gasteiger partial charge in [0.1, 0.15) is 5.75 Å². The standard InChI is InChI=1S/C12H16ClNO2S/c13-10-1-2-11(15)9(5-10)6-14-7-12(16)3-4-17-8-12/h1-2,5,14-16H,3-4,6-8H2. The first kappa shape index (κ1) is 13.0. The number of aromatic hydroxyl groups is 1. The van der Waals surface area contributed by atoms with Crippen molar-refractivity contribution in [1.29, 1.82) is 0 Å². The zero-order valence-corrected chi connectivity index (χ0v) is 11.0. The van der Waals surface area contributed by atoms with Gasteiger partial charge in [-0.3, -0.25) is 0 Å². The van der Waals surface area contributed by atoms with Gasteiger partial charge in [-0.25, -0.2) is 0 Å². The molecule has 1 heterocycles. The molecule has 0 bridgehead atoms. The monoisotopic (exact) mass is 273 g/mol. The molecular weight excluding hydrogens is 258 g/mol. The molecule has 0 spiro atoms. The van der Waals surface area contributed by atoms with Crippen molar-refractivity contribution in [3.63, 3.8) is 0 Å². The average molecular weight is 274 g/mol. The van der Waals surface area contributed by atoms with Crippen molar-refractivity contribution in [2.24, 2.45) is 0 Å². The molecule has 5 heteroatoms. The molecule has 3 nitrogen and oxygen atoms in total. The van der Waals surface area contributed by atoms with Crippen molar-refractivity contribution in [2.45, 2.75) is 18.6 Å². The Morgan fingerprint density at radius 1 is 1.47 bits per heavy atom. The van der Waals surface area contributed by atoms with Gasteiger partial charge in [0.15, 0.2) is 0 Å². The molecule has 3 N–H and O–H groups in total. The number of hydrogen-bond acceptors (Lipinski definition) is 4. The van der Waals surface area contributed by atoms with E-state index in [1.807, 2.05) is 0 Å². The second kappa shape index (κ2) is 5.48. The third-order valence-corrected chi connectivity index (χ3v) is 4.36. The predicted octanol–water partition coefficient (Wildman–Crippen LogP) is 2.00. The highest BCUT2D eigenvalue weighted by Crippen LogP contribution is 2.27. The SMILES string of the molecule is Oc1ccc(Cl)cc1CNCC1(O)CCSC1. The fourth-order valence-corrected chi connectivity index (χ4v) is 3.35. The van der Waals surface area contributed by atoms with Gasteiger partial charge >= 0.3 is 0 Å². The fraction of sp³-hybridized carbons (Fsp3) is 0.500. The number of aliphatic hydroxyl groups is 1. The number of nitrogens with one attached hydrogen (secondary N) is 1. The van der Waals surface area contributed by atoms with E-state index in [0.717, 1.165) is 23.5 Å². The normalized spacial score (nSPS) is 24.1. The Balaban J connectivity index is 1.87. The van der Waals surface area contributed by atoms with E-state index in [1.54, 1.807) is 30.0 Å². The maximum atomic E-state index is 10.1. The highest BCUT2D eigenvalue weighted by molar-refractivity contribution is 7.99. The van der Waals surface area contributed by atoms with Gasteiger partial charge in [-0.2, -0.15) is 11.8 Å². The molecule has 1 aromatic rings. The summed E-state index contributed by atoms with van der Waals surface area (Å²) in [4.78, 5) is 0. The molecule has 1 aliphatic rings. The van der Waals surface area contributed by atoms with Crippen LogP contribution in [0.2, 0.25) is 5.02 Å². The summed E-state index contributed by atoms with van der Waals surface area (Å²) in [7, 11) is 0. The molecule has 1 saturated heterocycles. The van der Waals surface area contributed by atoms with Crippen LogP contribution in [0.4, 0.5) is 0 Å². The summed E-state index contributed by atoms with van der Waals surface area (Å²) >= 11 is 7.63. The lowest BCUT2D eigenvalue weighted by Gasteiger charge is -2.21. The Kier molecular flexibility index (Phi) is 4.20. The van der Waals surface area contributed by atoms with Crippen LogP contribution in [0.15, 0.2) is 18.2 Å². The molecule has 1 fully saturated rings. The van der Waals surface area contributed by atoms with Crippen molar-refractivity contribution >= 4 is 23.4 Å². The smallest absolute Gasteiger partial charge is 0.120 e. The predicted molar refractivity (Wildman–Crippen MR) is 71.7 cm³/mol. The summed E-state index contributed by atoms with van der Waals surface area (Å²) in [5.74, 6) is 2.02. The molecule has 0 amide bonds. The first-order valence-electron chi connectivity index (χ1n) is 5.57. The summed E-state index contributed by atoms with van der Waals surface area (Å²) in [5, 5.41) is 23.5. The van der Waals surface area contributed by atoms with E-state index in [9.17, 15) is 10.2 Å². The summed E-state index contributed by atoms with van der Waals surface area (Å²) in [5.41, 5.74) is 0.158. The number of hydrogen-bond donors (Lipinski definition) is 3. The number of halogens is 1. The van der Waals surface area contributed by atoms with Gasteiger partial charge in [0.25, 0.3) is 0 Å². The summed E-state index contributed by atoms with van der Waals surface area (Å²) in [6.45, 7) is 1.06. The van der Waals surface area contributed by atoms with Gasteiger partial charge < -0.3 is 15.5 Å². The number of benzene rings is 1. The molecule has 0 saturated carbocycles. The minimum absolute atomic E-state index is 0.231. The van der Waals surface area contributed by atoms with Crippen LogP contribution in [0.25, 0.3) is 0 Å². The van der Waals surface area contributed by atoms with E-state index in [2.05, 4.69) is 5.32 Å². The van der Waals surface area contributed by atoms with Crippen LogP contribution < -0.4 is 5.32 Å². The second-order valence-corrected chi connectivity index (χ2v) is 5.95. The lowest BCUT2D eigenvalue weighted by Crippen LogP contribution is -2.40. The lowest BCUT2D eigenvalue weighted by molar-refractivity contribution is 0.0674. The van der Waals surface area contributed by atoms with Crippen LogP contribution in [0, 0.1) is 0 Å². The summed E-state index contributed by atoms with van der Waals surface area (Å²) in [6.07, 6.45) is 0.826. The zero-order chi connectivity index (χ0) is 12.3. The molecule has 94 valence electrons. The van der Waals surface area contributed by atoms with E-state index in [1.165, 1.54) is 0 Å².